The van der Waals surface area contributed by atoms with E-state index in [0.717, 1.165) is 0 Å². The van der Waals surface area contributed by atoms with Gasteiger partial charge >= 0.3 is 0 Å². The Labute approximate surface area is 139 Å². The van der Waals surface area contributed by atoms with Gasteiger partial charge in [0, 0.05) is 16.8 Å². The van der Waals surface area contributed by atoms with E-state index in [1.807, 2.05) is 60.7 Å². The van der Waals surface area contributed by atoms with Crippen LogP contribution < -0.4 is 16.0 Å². The van der Waals surface area contributed by atoms with Crippen LogP contribution >= 0.6 is 30.3 Å². The minimum Gasteiger partial charge on any atom is -0.307 e. The van der Waals surface area contributed by atoms with E-state index in [0.29, 0.717) is 26.1 Å². The van der Waals surface area contributed by atoms with Crippen molar-refractivity contribution in [3.05, 3.63) is 83.0 Å². The van der Waals surface area contributed by atoms with Crippen LogP contribution in [0.25, 0.3) is 0 Å². The monoisotopic (exact) mass is 347 g/mol. The number of hydrogen-bond donors (Lipinski definition) is 0. The fourth-order valence-electron chi connectivity index (χ4n) is 2.31. The van der Waals surface area contributed by atoms with Crippen molar-refractivity contribution in [3.8, 4) is 0 Å². The lowest BCUT2D eigenvalue weighted by molar-refractivity contribution is 0.592. The van der Waals surface area contributed by atoms with Gasteiger partial charge in [-0.15, -0.1) is 0 Å². The average Bonchev–Trinajstić information content (AvgIpc) is 2.56. The van der Waals surface area contributed by atoms with Crippen LogP contribution in [0, 0.1) is 0 Å². The summed E-state index contributed by atoms with van der Waals surface area (Å²) in [5.74, 6) is 0. The van der Waals surface area contributed by atoms with E-state index in [1.165, 1.54) is 6.20 Å². The van der Waals surface area contributed by atoms with Gasteiger partial charge in [-0.3, -0.25) is 0 Å². The molecular formula is C17H12Cl2NOP. The van der Waals surface area contributed by atoms with E-state index < -0.39 is 7.14 Å². The molecule has 0 saturated heterocycles. The normalized spacial score (nSPS) is 11.4. The molecule has 0 aliphatic carbocycles. The fourth-order valence-corrected chi connectivity index (χ4v) is 5.60. The Morgan fingerprint density at radius 2 is 1.32 bits per heavy atom. The molecule has 3 aromatic rings. The highest BCUT2D eigenvalue weighted by Gasteiger charge is 2.33. The van der Waals surface area contributed by atoms with Gasteiger partial charge in [-0.1, -0.05) is 83.9 Å². The highest BCUT2D eigenvalue weighted by molar-refractivity contribution is 7.85. The van der Waals surface area contributed by atoms with Crippen molar-refractivity contribution >= 4 is 46.4 Å². The summed E-state index contributed by atoms with van der Waals surface area (Å²) >= 11 is 12.2. The Morgan fingerprint density at radius 3 is 1.77 bits per heavy atom. The van der Waals surface area contributed by atoms with Gasteiger partial charge in [0.2, 0.25) is 0 Å². The van der Waals surface area contributed by atoms with Crippen molar-refractivity contribution in [1.29, 1.82) is 0 Å². The zero-order valence-corrected chi connectivity index (χ0v) is 13.9. The maximum absolute atomic E-state index is 14.0. The van der Waals surface area contributed by atoms with Gasteiger partial charge in [0.05, 0.1) is 10.0 Å². The molecule has 0 fully saturated rings. The lowest BCUT2D eigenvalue weighted by Gasteiger charge is -2.19. The Kier molecular flexibility index (Phi) is 4.35. The first-order valence-corrected chi connectivity index (χ1v) is 9.11. The predicted molar refractivity (Wildman–Crippen MR) is 93.6 cm³/mol. The standard InChI is InChI=1S/C17H12Cl2NOP/c18-13-11-16(19)17(20-12-13)22(21,14-7-3-1-4-8-14)15-9-5-2-6-10-15/h1-12H. The lowest BCUT2D eigenvalue weighted by Crippen LogP contribution is -2.27. The topological polar surface area (TPSA) is 30.0 Å². The summed E-state index contributed by atoms with van der Waals surface area (Å²) in [5, 5.41) is 2.11. The maximum Gasteiger partial charge on any atom is 0.190 e. The number of hydrogen-bond acceptors (Lipinski definition) is 2. The number of rotatable bonds is 3. The van der Waals surface area contributed by atoms with Crippen LogP contribution in [0.3, 0.4) is 0 Å². The molecule has 110 valence electrons. The molecule has 3 rings (SSSR count). The van der Waals surface area contributed by atoms with E-state index in [2.05, 4.69) is 4.98 Å². The highest BCUT2D eigenvalue weighted by atomic mass is 35.5. The third kappa shape index (κ3) is 2.70. The summed E-state index contributed by atoms with van der Waals surface area (Å²) in [6.07, 6.45) is 1.47. The Balaban J connectivity index is 2.31. The third-order valence-corrected chi connectivity index (χ3v) is 6.96. The fraction of sp³-hybridized carbons (Fsp3) is 0. The van der Waals surface area contributed by atoms with Gasteiger partial charge in [0.25, 0.3) is 0 Å². The smallest absolute Gasteiger partial charge is 0.190 e. The number of nitrogens with zero attached hydrogens (tertiary/aromatic N) is 1. The molecule has 2 nitrogen and oxygen atoms in total. The second-order valence-electron chi connectivity index (χ2n) is 4.74. The Morgan fingerprint density at radius 1 is 0.818 bits per heavy atom. The molecule has 0 atom stereocenters. The minimum atomic E-state index is -3.14. The molecule has 0 N–H and O–H groups in total. The highest BCUT2D eigenvalue weighted by Crippen LogP contribution is 2.43. The molecule has 0 saturated carbocycles. The van der Waals surface area contributed by atoms with E-state index >= 15 is 0 Å². The molecule has 0 unspecified atom stereocenters. The molecule has 1 aromatic heterocycles. The van der Waals surface area contributed by atoms with E-state index in [1.54, 1.807) is 6.07 Å². The first-order chi connectivity index (χ1) is 10.6. The zero-order valence-electron chi connectivity index (χ0n) is 11.5. The minimum absolute atomic E-state index is 0.309. The summed E-state index contributed by atoms with van der Waals surface area (Å²) in [7, 11) is -3.14. The molecule has 22 heavy (non-hydrogen) atoms. The van der Waals surface area contributed by atoms with Crippen LogP contribution in [-0.4, -0.2) is 4.98 Å². The molecule has 1 heterocycles. The van der Waals surface area contributed by atoms with Crippen molar-refractivity contribution in [2.24, 2.45) is 0 Å². The van der Waals surface area contributed by atoms with Crippen molar-refractivity contribution in [1.82, 2.24) is 4.98 Å². The van der Waals surface area contributed by atoms with Crippen LogP contribution in [-0.2, 0) is 4.57 Å². The second-order valence-corrected chi connectivity index (χ2v) is 8.26. The van der Waals surface area contributed by atoms with Crippen LogP contribution in [0.5, 0.6) is 0 Å². The Bertz CT molecular complexity index is 794. The molecule has 0 aliphatic heterocycles. The van der Waals surface area contributed by atoms with Crippen molar-refractivity contribution in [3.63, 3.8) is 0 Å². The van der Waals surface area contributed by atoms with Crippen LogP contribution in [0.1, 0.15) is 0 Å². The van der Waals surface area contributed by atoms with Gasteiger partial charge in [0.15, 0.2) is 7.14 Å². The summed E-state index contributed by atoms with van der Waals surface area (Å²) in [4.78, 5) is 4.28. The molecule has 0 aliphatic rings. The first kappa shape index (κ1) is 15.3. The van der Waals surface area contributed by atoms with Crippen LogP contribution in [0.15, 0.2) is 72.9 Å². The van der Waals surface area contributed by atoms with Gasteiger partial charge in [-0.2, -0.15) is 0 Å². The molecule has 0 radical (unpaired) electrons. The number of benzene rings is 2. The Hall–Kier alpha value is -1.60. The molecular weight excluding hydrogens is 336 g/mol. The van der Waals surface area contributed by atoms with Gasteiger partial charge in [0.1, 0.15) is 5.44 Å². The molecule has 5 heteroatoms. The number of halogens is 2. The van der Waals surface area contributed by atoms with Gasteiger partial charge in [-0.25, -0.2) is 4.98 Å². The van der Waals surface area contributed by atoms with Crippen LogP contribution in [0.4, 0.5) is 0 Å². The third-order valence-electron chi connectivity index (χ3n) is 3.33. The summed E-state index contributed by atoms with van der Waals surface area (Å²) < 4.78 is 14.0. The van der Waals surface area contributed by atoms with Crippen molar-refractivity contribution in [2.75, 3.05) is 0 Å². The average molecular weight is 348 g/mol. The maximum atomic E-state index is 14.0. The van der Waals surface area contributed by atoms with Gasteiger partial charge < -0.3 is 4.57 Å². The lowest BCUT2D eigenvalue weighted by atomic mass is 10.4. The summed E-state index contributed by atoms with van der Waals surface area (Å²) in [6.45, 7) is 0. The number of pyridine rings is 1. The van der Waals surface area contributed by atoms with E-state index in [9.17, 15) is 4.57 Å². The summed E-state index contributed by atoms with van der Waals surface area (Å²) in [5.41, 5.74) is 0.357. The molecule has 2 aromatic carbocycles. The van der Waals surface area contributed by atoms with Gasteiger partial charge in [-0.05, 0) is 6.07 Å². The quantitative estimate of drug-likeness (QED) is 0.669. The predicted octanol–water partition coefficient (Wildman–Crippen LogP) is 4.03. The molecule has 0 amide bonds. The second kappa shape index (κ2) is 6.26. The number of aromatic nitrogens is 1. The molecule has 0 spiro atoms. The largest absolute Gasteiger partial charge is 0.307 e. The van der Waals surface area contributed by atoms with Crippen LogP contribution in [0.2, 0.25) is 10.0 Å². The van der Waals surface area contributed by atoms with E-state index in [-0.39, 0.29) is 0 Å². The SMILES string of the molecule is O=P(c1ccccc1)(c1ccccc1)c1ncc(Cl)cc1Cl. The summed E-state index contributed by atoms with van der Waals surface area (Å²) in [6, 6.07) is 20.1. The van der Waals surface area contributed by atoms with Crippen molar-refractivity contribution in [2.45, 2.75) is 0 Å². The molecule has 0 bridgehead atoms. The first-order valence-electron chi connectivity index (χ1n) is 6.65. The zero-order chi connectivity index (χ0) is 15.6. The van der Waals surface area contributed by atoms with Crippen molar-refractivity contribution < 1.29 is 4.57 Å². The van der Waals surface area contributed by atoms with E-state index in [4.69, 9.17) is 23.2 Å².